The van der Waals surface area contributed by atoms with E-state index in [0.717, 1.165) is 5.56 Å². The van der Waals surface area contributed by atoms with Crippen molar-refractivity contribution in [3.63, 3.8) is 0 Å². The lowest BCUT2D eigenvalue weighted by Gasteiger charge is -2.35. The molecule has 0 fully saturated rings. The van der Waals surface area contributed by atoms with E-state index < -0.39 is 16.3 Å². The fourth-order valence-electron chi connectivity index (χ4n) is 2.44. The average molecular weight is 347 g/mol. The highest BCUT2D eigenvalue weighted by Crippen LogP contribution is 2.43. The number of aryl methyl sites for hydroxylation is 1. The quantitative estimate of drug-likeness (QED) is 0.776. The zero-order chi connectivity index (χ0) is 15.5. The number of fused-ring (bicyclic) bond motifs is 2. The zero-order valence-corrected chi connectivity index (χ0v) is 14.4. The van der Waals surface area contributed by atoms with Gasteiger partial charge in [-0.05, 0) is 50.5 Å². The minimum absolute atomic E-state index is 0.288. The van der Waals surface area contributed by atoms with Crippen LogP contribution in [0, 0.1) is 6.92 Å². The average Bonchev–Trinajstić information content (AvgIpc) is 2.70. The monoisotopic (exact) mass is 346 g/mol. The van der Waals surface area contributed by atoms with Crippen molar-refractivity contribution in [2.75, 3.05) is 21.1 Å². The fraction of sp³-hybridized carbons (Fsp3) is 0.417. The Bertz CT molecular complexity index is 748. The first-order valence-corrected chi connectivity index (χ1v) is 8.87. The Hall–Kier alpha value is -0.960. The van der Waals surface area contributed by atoms with Gasteiger partial charge in [0.25, 0.3) is 10.0 Å². The van der Waals surface area contributed by atoms with Gasteiger partial charge in [0.15, 0.2) is 6.29 Å². The predicted octanol–water partition coefficient (Wildman–Crippen LogP) is 1.81. The molecule has 0 aromatic heterocycles. The molecule has 1 unspecified atom stereocenters. The number of halogens is 1. The normalized spacial score (nSPS) is 23.1. The summed E-state index contributed by atoms with van der Waals surface area (Å²) in [7, 11) is 1.76. The molecule has 2 aliphatic heterocycles. The minimum Gasteiger partial charge on any atom is -0.270 e. The summed E-state index contributed by atoms with van der Waals surface area (Å²) in [5.41, 5.74) is 0.744. The molecule has 0 amide bonds. The zero-order valence-electron chi connectivity index (χ0n) is 12.0. The van der Waals surface area contributed by atoms with E-state index in [1.54, 1.807) is 31.1 Å². The molecule has 2 aliphatic rings. The SMILES string of the molecule is Cc1cc2c(cc1Cl)SC1=NN(C)C(N(C)C)N1S2(=O)=O. The van der Waals surface area contributed by atoms with Gasteiger partial charge in [-0.2, -0.15) is 0 Å². The lowest BCUT2D eigenvalue weighted by molar-refractivity contribution is 0.0703. The standard InChI is InChI=1S/C12H15ClN4O2S2/c1-7-5-10-9(6-8(7)13)20-11-14-16(4)12(15(2)3)17(11)21(10,18)19/h5-6,12H,1-4H3. The molecule has 21 heavy (non-hydrogen) atoms. The van der Waals surface area contributed by atoms with Crippen molar-refractivity contribution in [3.05, 3.63) is 22.7 Å². The Morgan fingerprint density at radius 3 is 2.67 bits per heavy atom. The summed E-state index contributed by atoms with van der Waals surface area (Å²) in [6.45, 7) is 1.80. The summed E-state index contributed by atoms with van der Waals surface area (Å²) < 4.78 is 27.2. The molecule has 0 N–H and O–H groups in total. The van der Waals surface area contributed by atoms with Crippen molar-refractivity contribution in [2.24, 2.45) is 5.10 Å². The van der Waals surface area contributed by atoms with Gasteiger partial charge in [0.2, 0.25) is 5.17 Å². The van der Waals surface area contributed by atoms with Crippen LogP contribution in [0.5, 0.6) is 0 Å². The van der Waals surface area contributed by atoms with E-state index >= 15 is 0 Å². The molecule has 0 saturated carbocycles. The number of rotatable bonds is 1. The molecule has 0 bridgehead atoms. The molecular formula is C12H15ClN4O2S2. The lowest BCUT2D eigenvalue weighted by atomic mass is 10.2. The maximum atomic E-state index is 12.9. The van der Waals surface area contributed by atoms with Crippen LogP contribution in [0.2, 0.25) is 5.02 Å². The Labute approximate surface area is 133 Å². The van der Waals surface area contributed by atoms with Crippen LogP contribution in [0.4, 0.5) is 0 Å². The molecule has 1 atom stereocenters. The van der Waals surface area contributed by atoms with Gasteiger partial charge in [-0.25, -0.2) is 12.7 Å². The Kier molecular flexibility index (Phi) is 3.40. The molecule has 9 heteroatoms. The van der Waals surface area contributed by atoms with Gasteiger partial charge in [0, 0.05) is 17.0 Å². The summed E-state index contributed by atoms with van der Waals surface area (Å²) in [6.07, 6.45) is -0.457. The second-order valence-corrected chi connectivity index (χ2v) is 8.42. The lowest BCUT2D eigenvalue weighted by Crippen LogP contribution is -2.52. The molecule has 3 rings (SSSR count). The summed E-state index contributed by atoms with van der Waals surface area (Å²) in [5.74, 6) is 0. The Morgan fingerprint density at radius 1 is 1.38 bits per heavy atom. The molecule has 0 spiro atoms. The van der Waals surface area contributed by atoms with Crippen LogP contribution in [0.1, 0.15) is 5.56 Å². The van der Waals surface area contributed by atoms with Crippen molar-refractivity contribution >= 4 is 38.6 Å². The highest BCUT2D eigenvalue weighted by Gasteiger charge is 2.47. The van der Waals surface area contributed by atoms with Crippen LogP contribution >= 0.6 is 23.4 Å². The largest absolute Gasteiger partial charge is 0.270 e. The number of hydrogen-bond acceptors (Lipinski definition) is 6. The van der Waals surface area contributed by atoms with Gasteiger partial charge in [0.1, 0.15) is 4.90 Å². The number of hydrazone groups is 1. The van der Waals surface area contributed by atoms with Gasteiger partial charge in [-0.15, -0.1) is 5.10 Å². The van der Waals surface area contributed by atoms with E-state index in [9.17, 15) is 8.42 Å². The molecule has 1 aromatic rings. The topological polar surface area (TPSA) is 56.2 Å². The number of amidine groups is 1. The van der Waals surface area contributed by atoms with Crippen molar-refractivity contribution in [1.29, 1.82) is 0 Å². The van der Waals surface area contributed by atoms with E-state index in [4.69, 9.17) is 11.6 Å². The Morgan fingerprint density at radius 2 is 2.05 bits per heavy atom. The molecule has 114 valence electrons. The van der Waals surface area contributed by atoms with E-state index in [2.05, 4.69) is 5.10 Å². The van der Waals surface area contributed by atoms with Gasteiger partial charge in [-0.1, -0.05) is 11.6 Å². The van der Waals surface area contributed by atoms with Gasteiger partial charge in [0.05, 0.1) is 0 Å². The number of sulfonamides is 1. The van der Waals surface area contributed by atoms with Gasteiger partial charge >= 0.3 is 0 Å². The molecule has 0 radical (unpaired) electrons. The predicted molar refractivity (Wildman–Crippen MR) is 83.7 cm³/mol. The smallest absolute Gasteiger partial charge is 0.269 e. The first-order chi connectivity index (χ1) is 9.73. The third-order valence-electron chi connectivity index (χ3n) is 3.40. The number of benzene rings is 1. The second kappa shape index (κ2) is 4.77. The van der Waals surface area contributed by atoms with Crippen LogP contribution in [-0.2, 0) is 10.0 Å². The van der Waals surface area contributed by atoms with Crippen LogP contribution in [0.25, 0.3) is 0 Å². The fourth-order valence-corrected chi connectivity index (χ4v) is 6.07. The third kappa shape index (κ3) is 2.12. The van der Waals surface area contributed by atoms with Crippen LogP contribution < -0.4 is 0 Å². The highest BCUT2D eigenvalue weighted by atomic mass is 35.5. The second-order valence-electron chi connectivity index (χ2n) is 5.22. The molecule has 0 aliphatic carbocycles. The minimum atomic E-state index is -3.65. The molecule has 2 heterocycles. The third-order valence-corrected chi connectivity index (χ3v) is 6.84. The summed E-state index contributed by atoms with van der Waals surface area (Å²) in [5, 5.41) is 6.98. The van der Waals surface area contributed by atoms with Crippen molar-refractivity contribution in [3.8, 4) is 0 Å². The van der Waals surface area contributed by atoms with Gasteiger partial charge < -0.3 is 0 Å². The van der Waals surface area contributed by atoms with Crippen molar-refractivity contribution in [2.45, 2.75) is 23.0 Å². The van der Waals surface area contributed by atoms with E-state index in [0.29, 0.717) is 15.1 Å². The van der Waals surface area contributed by atoms with Gasteiger partial charge in [-0.3, -0.25) is 9.91 Å². The maximum absolute atomic E-state index is 12.9. The number of nitrogens with zero attached hydrogens (tertiary/aromatic N) is 4. The number of thioether (sulfide) groups is 1. The summed E-state index contributed by atoms with van der Waals surface area (Å²) in [4.78, 5) is 2.71. The Balaban J connectivity index is 2.21. The van der Waals surface area contributed by atoms with Crippen molar-refractivity contribution < 1.29 is 8.42 Å². The molecule has 1 aromatic carbocycles. The van der Waals surface area contributed by atoms with E-state index in [1.807, 2.05) is 19.0 Å². The molecule has 0 saturated heterocycles. The first-order valence-electron chi connectivity index (χ1n) is 6.24. The van der Waals surface area contributed by atoms with Crippen LogP contribution in [-0.4, -0.2) is 55.2 Å². The van der Waals surface area contributed by atoms with E-state index in [-0.39, 0.29) is 4.90 Å². The van der Waals surface area contributed by atoms with Crippen LogP contribution in [0.15, 0.2) is 27.0 Å². The highest BCUT2D eigenvalue weighted by molar-refractivity contribution is 8.16. The first kappa shape index (κ1) is 15.0. The summed E-state index contributed by atoms with van der Waals surface area (Å²) >= 11 is 7.43. The number of hydrogen-bond donors (Lipinski definition) is 0. The molecule has 6 nitrogen and oxygen atoms in total. The molecular weight excluding hydrogens is 332 g/mol. The van der Waals surface area contributed by atoms with Crippen LogP contribution in [0.3, 0.4) is 0 Å². The summed E-state index contributed by atoms with van der Waals surface area (Å²) in [6, 6.07) is 3.32. The van der Waals surface area contributed by atoms with Crippen molar-refractivity contribution in [1.82, 2.24) is 14.2 Å². The van der Waals surface area contributed by atoms with E-state index in [1.165, 1.54) is 16.1 Å². The maximum Gasteiger partial charge on any atom is 0.269 e.